The molecule has 0 saturated carbocycles. The lowest BCUT2D eigenvalue weighted by Gasteiger charge is -2.12. The third kappa shape index (κ3) is 2.63. The molecule has 1 aliphatic heterocycles. The van der Waals surface area contributed by atoms with E-state index >= 15 is 0 Å². The van der Waals surface area contributed by atoms with E-state index in [1.54, 1.807) is 7.11 Å². The molecule has 0 radical (unpaired) electrons. The number of halogens is 1. The van der Waals surface area contributed by atoms with Gasteiger partial charge < -0.3 is 14.0 Å². The smallest absolute Gasteiger partial charge is 0.124 e. The molecule has 2 aromatic rings. The number of imidazole rings is 1. The number of alkyl halides is 1. The van der Waals surface area contributed by atoms with Crippen molar-refractivity contribution in [1.82, 2.24) is 9.55 Å². The van der Waals surface area contributed by atoms with Crippen molar-refractivity contribution in [1.29, 1.82) is 0 Å². The van der Waals surface area contributed by atoms with Gasteiger partial charge in [0, 0.05) is 19.2 Å². The third-order valence-electron chi connectivity index (χ3n) is 3.85. The van der Waals surface area contributed by atoms with Crippen LogP contribution in [-0.2, 0) is 17.2 Å². The van der Waals surface area contributed by atoms with Gasteiger partial charge in [0.15, 0.2) is 0 Å². The number of aromatic nitrogens is 2. The molecule has 5 heteroatoms. The minimum Gasteiger partial charge on any atom is -0.497 e. The maximum absolute atomic E-state index is 6.03. The molecule has 1 aromatic heterocycles. The molecule has 20 heavy (non-hydrogen) atoms. The van der Waals surface area contributed by atoms with E-state index in [-0.39, 0.29) is 0 Å². The normalized spacial score (nSPS) is 18.8. The molecule has 108 valence electrons. The molecular formula is C15H19ClN2O2. The van der Waals surface area contributed by atoms with Crippen LogP contribution in [0.3, 0.4) is 0 Å². The van der Waals surface area contributed by atoms with E-state index in [2.05, 4.69) is 9.55 Å². The van der Waals surface area contributed by atoms with Gasteiger partial charge in [-0.3, -0.25) is 0 Å². The summed E-state index contributed by atoms with van der Waals surface area (Å²) in [4.78, 5) is 4.59. The van der Waals surface area contributed by atoms with Crippen molar-refractivity contribution < 1.29 is 9.47 Å². The van der Waals surface area contributed by atoms with Gasteiger partial charge in [-0.1, -0.05) is 0 Å². The van der Waals surface area contributed by atoms with Crippen LogP contribution in [0, 0.1) is 0 Å². The quantitative estimate of drug-likeness (QED) is 0.794. The second-order valence-corrected chi connectivity index (χ2v) is 5.36. The summed E-state index contributed by atoms with van der Waals surface area (Å²) in [6, 6.07) is 5.93. The summed E-state index contributed by atoms with van der Waals surface area (Å²) in [5.74, 6) is 2.17. The summed E-state index contributed by atoms with van der Waals surface area (Å²) in [5, 5.41) is 0. The molecule has 1 aromatic carbocycles. The summed E-state index contributed by atoms with van der Waals surface area (Å²) in [6.07, 6.45) is 3.71. The lowest BCUT2D eigenvalue weighted by Crippen LogP contribution is -2.11. The highest BCUT2D eigenvalue weighted by molar-refractivity contribution is 6.16. The van der Waals surface area contributed by atoms with Crippen molar-refractivity contribution in [3.05, 3.63) is 24.0 Å². The van der Waals surface area contributed by atoms with Crippen LogP contribution < -0.4 is 4.74 Å². The minimum absolute atomic E-state index is 0.376. The first-order valence-electron chi connectivity index (χ1n) is 7.02. The highest BCUT2D eigenvalue weighted by Gasteiger charge is 2.17. The molecule has 0 bridgehead atoms. The molecule has 4 nitrogen and oxygen atoms in total. The Morgan fingerprint density at radius 2 is 2.40 bits per heavy atom. The number of benzene rings is 1. The number of aryl methyl sites for hydroxylation is 1. The maximum atomic E-state index is 6.03. The molecule has 1 aliphatic rings. The fourth-order valence-electron chi connectivity index (χ4n) is 2.78. The highest BCUT2D eigenvalue weighted by atomic mass is 35.5. The standard InChI is InChI=1S/C15H19ClN2O2/c1-19-12-4-5-13-14(9-12)18(15(10-16)17-13)7-6-11-3-2-8-20-11/h4-5,9,11H,2-3,6-8,10H2,1H3. The minimum atomic E-state index is 0.376. The van der Waals surface area contributed by atoms with Gasteiger partial charge in [0.2, 0.25) is 0 Å². The van der Waals surface area contributed by atoms with Gasteiger partial charge in [-0.15, -0.1) is 11.6 Å². The first-order chi connectivity index (χ1) is 9.81. The summed E-state index contributed by atoms with van der Waals surface area (Å²) in [7, 11) is 1.68. The van der Waals surface area contributed by atoms with Gasteiger partial charge >= 0.3 is 0 Å². The van der Waals surface area contributed by atoms with E-state index < -0.39 is 0 Å². The van der Waals surface area contributed by atoms with E-state index in [9.17, 15) is 0 Å². The van der Waals surface area contributed by atoms with Crippen molar-refractivity contribution in [3.63, 3.8) is 0 Å². The number of methoxy groups -OCH3 is 1. The number of hydrogen-bond acceptors (Lipinski definition) is 3. The Labute approximate surface area is 123 Å². The Bertz CT molecular complexity index is 591. The van der Waals surface area contributed by atoms with Gasteiger partial charge in [0.05, 0.1) is 30.1 Å². The number of fused-ring (bicyclic) bond motifs is 1. The zero-order valence-electron chi connectivity index (χ0n) is 11.6. The van der Waals surface area contributed by atoms with Crippen molar-refractivity contribution in [3.8, 4) is 5.75 Å². The molecule has 0 aliphatic carbocycles. The fourth-order valence-corrected chi connectivity index (χ4v) is 2.98. The Morgan fingerprint density at radius 3 is 3.10 bits per heavy atom. The average Bonchev–Trinajstić information content (AvgIpc) is 3.11. The van der Waals surface area contributed by atoms with Gasteiger partial charge in [0.1, 0.15) is 11.6 Å². The molecule has 0 N–H and O–H groups in total. The lowest BCUT2D eigenvalue weighted by molar-refractivity contribution is 0.100. The van der Waals surface area contributed by atoms with E-state index in [1.165, 1.54) is 6.42 Å². The molecule has 1 fully saturated rings. The first kappa shape index (κ1) is 13.7. The summed E-state index contributed by atoms with van der Waals surface area (Å²) >= 11 is 6.03. The Morgan fingerprint density at radius 1 is 1.50 bits per heavy atom. The molecule has 3 rings (SSSR count). The highest BCUT2D eigenvalue weighted by Crippen LogP contribution is 2.24. The Kier molecular flexibility index (Phi) is 4.13. The van der Waals surface area contributed by atoms with Gasteiger partial charge in [-0.05, 0) is 31.4 Å². The summed E-state index contributed by atoms with van der Waals surface area (Å²) in [6.45, 7) is 1.78. The molecule has 2 heterocycles. The lowest BCUT2D eigenvalue weighted by atomic mass is 10.2. The zero-order chi connectivity index (χ0) is 13.9. The molecule has 1 saturated heterocycles. The van der Waals surface area contributed by atoms with Crippen LogP contribution in [0.5, 0.6) is 5.75 Å². The number of nitrogens with zero attached hydrogens (tertiary/aromatic N) is 2. The Hall–Kier alpha value is -1.26. The first-order valence-corrected chi connectivity index (χ1v) is 7.56. The average molecular weight is 295 g/mol. The number of rotatable bonds is 5. The molecule has 0 amide bonds. The molecule has 0 spiro atoms. The largest absolute Gasteiger partial charge is 0.497 e. The van der Waals surface area contributed by atoms with E-state index in [1.807, 2.05) is 18.2 Å². The van der Waals surface area contributed by atoms with E-state index in [4.69, 9.17) is 21.1 Å². The summed E-state index contributed by atoms with van der Waals surface area (Å²) in [5.41, 5.74) is 2.05. The Balaban J connectivity index is 1.89. The second kappa shape index (κ2) is 6.02. The van der Waals surface area contributed by atoms with Crippen molar-refractivity contribution in [2.24, 2.45) is 0 Å². The van der Waals surface area contributed by atoms with Crippen LogP contribution in [0.15, 0.2) is 18.2 Å². The molecule has 1 unspecified atom stereocenters. The van der Waals surface area contributed by atoms with Gasteiger partial charge in [-0.2, -0.15) is 0 Å². The van der Waals surface area contributed by atoms with E-state index in [0.29, 0.717) is 12.0 Å². The van der Waals surface area contributed by atoms with Crippen LogP contribution in [0.2, 0.25) is 0 Å². The van der Waals surface area contributed by atoms with Gasteiger partial charge in [-0.25, -0.2) is 4.98 Å². The number of ether oxygens (including phenoxy) is 2. The van der Waals surface area contributed by atoms with Crippen LogP contribution in [-0.4, -0.2) is 29.4 Å². The predicted molar refractivity (Wildman–Crippen MR) is 79.4 cm³/mol. The SMILES string of the molecule is COc1ccc2nc(CCl)n(CCC3CCCO3)c2c1. The molecular weight excluding hydrogens is 276 g/mol. The van der Waals surface area contributed by atoms with E-state index in [0.717, 1.165) is 48.6 Å². The van der Waals surface area contributed by atoms with Crippen LogP contribution in [0.4, 0.5) is 0 Å². The second-order valence-electron chi connectivity index (χ2n) is 5.09. The number of hydrogen-bond donors (Lipinski definition) is 0. The fraction of sp³-hybridized carbons (Fsp3) is 0.533. The van der Waals surface area contributed by atoms with Crippen molar-refractivity contribution >= 4 is 22.6 Å². The van der Waals surface area contributed by atoms with Crippen LogP contribution in [0.1, 0.15) is 25.1 Å². The summed E-state index contributed by atoms with van der Waals surface area (Å²) < 4.78 is 13.2. The van der Waals surface area contributed by atoms with Crippen molar-refractivity contribution in [2.45, 2.75) is 37.8 Å². The van der Waals surface area contributed by atoms with Crippen LogP contribution >= 0.6 is 11.6 Å². The molecule has 1 atom stereocenters. The monoisotopic (exact) mass is 294 g/mol. The predicted octanol–water partition coefficient (Wildman–Crippen LogP) is 3.35. The zero-order valence-corrected chi connectivity index (χ0v) is 12.4. The topological polar surface area (TPSA) is 36.3 Å². The van der Waals surface area contributed by atoms with Crippen molar-refractivity contribution in [2.75, 3.05) is 13.7 Å². The third-order valence-corrected chi connectivity index (χ3v) is 4.09. The maximum Gasteiger partial charge on any atom is 0.124 e. The van der Waals surface area contributed by atoms with Crippen LogP contribution in [0.25, 0.3) is 11.0 Å². The van der Waals surface area contributed by atoms with Gasteiger partial charge in [0.25, 0.3) is 0 Å².